The fourth-order valence-electron chi connectivity index (χ4n) is 4.26. The van der Waals surface area contributed by atoms with E-state index < -0.39 is 5.60 Å². The van der Waals surface area contributed by atoms with Crippen LogP contribution in [0.15, 0.2) is 69.7 Å². The Hall–Kier alpha value is -2.75. The van der Waals surface area contributed by atoms with Crippen LogP contribution in [0.5, 0.6) is 5.75 Å². The lowest BCUT2D eigenvalue weighted by atomic mass is 9.88. The van der Waals surface area contributed by atoms with E-state index in [2.05, 4.69) is 42.2 Å². The van der Waals surface area contributed by atoms with Gasteiger partial charge in [0.2, 0.25) is 0 Å². The number of ether oxygens (including phenoxy) is 1. The number of halogens is 2. The van der Waals surface area contributed by atoms with Crippen LogP contribution in [0.2, 0.25) is 0 Å². The summed E-state index contributed by atoms with van der Waals surface area (Å²) in [6.07, 6.45) is 2.97. The van der Waals surface area contributed by atoms with Gasteiger partial charge < -0.3 is 14.7 Å². The molecule has 0 bridgehead atoms. The third-order valence-corrected chi connectivity index (χ3v) is 7.68. The van der Waals surface area contributed by atoms with Crippen LogP contribution in [-0.4, -0.2) is 56.2 Å². The van der Waals surface area contributed by atoms with Crippen LogP contribution in [0.25, 0.3) is 16.5 Å². The summed E-state index contributed by atoms with van der Waals surface area (Å²) in [4.78, 5) is 14.2. The monoisotopic (exact) mass is 598 g/mol. The zero-order valence-corrected chi connectivity index (χ0v) is 22.3. The number of nitrogens with zero attached hydrogens (tertiary/aromatic N) is 4. The topological polar surface area (TPSA) is 80.5 Å². The smallest absolute Gasteiger partial charge is 0.260 e. The van der Waals surface area contributed by atoms with Crippen molar-refractivity contribution < 1.29 is 14.6 Å². The molecular formula is C26H24Br2N4O3. The highest BCUT2D eigenvalue weighted by Crippen LogP contribution is 2.28. The van der Waals surface area contributed by atoms with Crippen LogP contribution >= 0.6 is 31.9 Å². The first-order valence-corrected chi connectivity index (χ1v) is 12.9. The van der Waals surface area contributed by atoms with Crippen molar-refractivity contribution in [1.82, 2.24) is 19.9 Å². The predicted octanol–water partition coefficient (Wildman–Crippen LogP) is 4.84. The van der Waals surface area contributed by atoms with E-state index in [4.69, 9.17) is 4.74 Å². The molecule has 1 aliphatic heterocycles. The Kier molecular flexibility index (Phi) is 6.65. The fourth-order valence-corrected chi connectivity index (χ4v) is 4.99. The zero-order valence-electron chi connectivity index (χ0n) is 19.1. The molecule has 0 atom stereocenters. The van der Waals surface area contributed by atoms with Gasteiger partial charge in [0, 0.05) is 8.95 Å². The van der Waals surface area contributed by atoms with Crippen molar-refractivity contribution in [3.63, 3.8) is 0 Å². The van der Waals surface area contributed by atoms with E-state index in [0.717, 1.165) is 36.7 Å². The van der Waals surface area contributed by atoms with Gasteiger partial charge in [-0.3, -0.25) is 4.79 Å². The third-order valence-electron chi connectivity index (χ3n) is 6.33. The summed E-state index contributed by atoms with van der Waals surface area (Å²) < 4.78 is 9.49. The van der Waals surface area contributed by atoms with Gasteiger partial charge in [-0.2, -0.15) is 0 Å². The van der Waals surface area contributed by atoms with Gasteiger partial charge in [-0.15, -0.1) is 5.10 Å². The number of hydrogen-bond acceptors (Lipinski definition) is 5. The fraction of sp³-hybridized carbons (Fsp3) is 0.269. The number of likely N-dealkylation sites (tertiary alicyclic amines) is 1. The average Bonchev–Trinajstić information content (AvgIpc) is 3.30. The molecule has 3 aromatic carbocycles. The maximum Gasteiger partial charge on any atom is 0.260 e. The summed E-state index contributed by atoms with van der Waals surface area (Å²) in [6, 6.07) is 17.7. The Morgan fingerprint density at radius 3 is 2.71 bits per heavy atom. The number of carbonyl (C=O) groups is 1. The highest BCUT2D eigenvalue weighted by molar-refractivity contribution is 9.10. The molecule has 1 aliphatic rings. The van der Waals surface area contributed by atoms with E-state index in [1.165, 1.54) is 0 Å². The van der Waals surface area contributed by atoms with E-state index in [9.17, 15) is 9.90 Å². The molecule has 1 N–H and O–H groups in total. The Morgan fingerprint density at radius 1 is 1.11 bits per heavy atom. The largest absolute Gasteiger partial charge is 0.484 e. The van der Waals surface area contributed by atoms with Crippen molar-refractivity contribution in [3.05, 3.63) is 81.0 Å². The number of benzene rings is 3. The Morgan fingerprint density at radius 2 is 1.89 bits per heavy atom. The van der Waals surface area contributed by atoms with Gasteiger partial charge in [-0.05, 0) is 72.5 Å². The van der Waals surface area contributed by atoms with Gasteiger partial charge in [-0.1, -0.05) is 55.3 Å². The standard InChI is InChI=1S/C26H24Br2N4O3/c1-17-23(28)3-2-4-24(17)32-13-21(29-30-32)9-10-26(34)15-31(16-26)25(33)14-35-22-8-6-18-11-20(27)7-5-19(18)12-22/h2-8,11-13,34H,9-10,14-16H2,1H3. The van der Waals surface area contributed by atoms with Gasteiger partial charge in [-0.25, -0.2) is 4.68 Å². The van der Waals surface area contributed by atoms with Crippen LogP contribution in [0.3, 0.4) is 0 Å². The molecule has 0 spiro atoms. The van der Waals surface area contributed by atoms with Crippen molar-refractivity contribution in [2.75, 3.05) is 19.7 Å². The molecule has 1 fully saturated rings. The van der Waals surface area contributed by atoms with Crippen LogP contribution in [0.4, 0.5) is 0 Å². The first-order chi connectivity index (χ1) is 16.8. The predicted molar refractivity (Wildman–Crippen MR) is 141 cm³/mol. The molecule has 1 amide bonds. The first-order valence-electron chi connectivity index (χ1n) is 11.3. The van der Waals surface area contributed by atoms with Crippen LogP contribution in [0, 0.1) is 6.92 Å². The number of β-amino-alcohol motifs (C(OH)–C–C–N with tert-alkyl or cyclic N) is 1. The molecule has 0 unspecified atom stereocenters. The Balaban J connectivity index is 1.11. The summed E-state index contributed by atoms with van der Waals surface area (Å²) in [5.74, 6) is 0.509. The average molecular weight is 600 g/mol. The summed E-state index contributed by atoms with van der Waals surface area (Å²) >= 11 is 7.01. The van der Waals surface area contributed by atoms with Gasteiger partial charge in [0.05, 0.1) is 30.7 Å². The van der Waals surface area contributed by atoms with Crippen molar-refractivity contribution in [3.8, 4) is 11.4 Å². The minimum atomic E-state index is -0.915. The van der Waals surface area contributed by atoms with Crippen molar-refractivity contribution in [1.29, 1.82) is 0 Å². The molecule has 1 saturated heterocycles. The van der Waals surface area contributed by atoms with Gasteiger partial charge in [0.1, 0.15) is 11.4 Å². The molecule has 0 aliphatic carbocycles. The molecule has 2 heterocycles. The number of fused-ring (bicyclic) bond motifs is 1. The second-order valence-corrected chi connectivity index (χ2v) is 10.7. The highest BCUT2D eigenvalue weighted by atomic mass is 79.9. The first kappa shape index (κ1) is 24.0. The SMILES string of the molecule is Cc1c(Br)cccc1-n1cc(CCC2(O)CN(C(=O)COc3ccc4cc(Br)ccc4c3)C2)nn1. The van der Waals surface area contributed by atoms with Crippen molar-refractivity contribution in [2.24, 2.45) is 0 Å². The highest BCUT2D eigenvalue weighted by Gasteiger charge is 2.43. The van der Waals surface area contributed by atoms with Gasteiger partial charge in [0.15, 0.2) is 6.61 Å². The number of aliphatic hydroxyl groups is 1. The van der Waals surface area contributed by atoms with Crippen LogP contribution in [-0.2, 0) is 11.2 Å². The van der Waals surface area contributed by atoms with Crippen molar-refractivity contribution in [2.45, 2.75) is 25.4 Å². The van der Waals surface area contributed by atoms with E-state index in [-0.39, 0.29) is 12.5 Å². The van der Waals surface area contributed by atoms with Crippen LogP contribution < -0.4 is 4.74 Å². The second-order valence-electron chi connectivity index (χ2n) is 8.95. The number of carbonyl (C=O) groups excluding carboxylic acids is 1. The van der Waals surface area contributed by atoms with Crippen molar-refractivity contribution >= 4 is 48.5 Å². The number of aromatic nitrogens is 3. The van der Waals surface area contributed by atoms with Crippen LogP contribution in [0.1, 0.15) is 17.7 Å². The Bertz CT molecular complexity index is 1400. The molecule has 35 heavy (non-hydrogen) atoms. The minimum Gasteiger partial charge on any atom is -0.484 e. The molecule has 1 aromatic heterocycles. The lowest BCUT2D eigenvalue weighted by Gasteiger charge is -2.46. The molecule has 5 rings (SSSR count). The number of rotatable bonds is 7. The molecule has 0 radical (unpaired) electrons. The lowest BCUT2D eigenvalue weighted by Crippen LogP contribution is -2.64. The molecular weight excluding hydrogens is 576 g/mol. The molecule has 7 nitrogen and oxygen atoms in total. The second kappa shape index (κ2) is 9.72. The number of aryl methyl sites for hydroxylation is 1. The molecule has 0 saturated carbocycles. The van der Waals surface area contributed by atoms with E-state index in [1.807, 2.05) is 67.7 Å². The summed E-state index contributed by atoms with van der Waals surface area (Å²) in [5, 5.41) is 21.4. The van der Waals surface area contributed by atoms with Gasteiger partial charge >= 0.3 is 0 Å². The molecule has 180 valence electrons. The number of amides is 1. The van der Waals surface area contributed by atoms with E-state index >= 15 is 0 Å². The normalized spacial score (nSPS) is 14.7. The lowest BCUT2D eigenvalue weighted by molar-refractivity contribution is -0.158. The number of hydrogen-bond donors (Lipinski definition) is 1. The van der Waals surface area contributed by atoms with Gasteiger partial charge in [0.25, 0.3) is 5.91 Å². The Labute approximate surface area is 220 Å². The molecule has 4 aromatic rings. The summed E-state index contributed by atoms with van der Waals surface area (Å²) in [6.45, 7) is 2.55. The zero-order chi connectivity index (χ0) is 24.6. The third kappa shape index (κ3) is 5.27. The maximum atomic E-state index is 12.5. The quantitative estimate of drug-likeness (QED) is 0.329. The summed E-state index contributed by atoms with van der Waals surface area (Å²) in [5.41, 5.74) is 1.92. The molecule has 9 heteroatoms. The van der Waals surface area contributed by atoms with E-state index in [0.29, 0.717) is 31.7 Å². The van der Waals surface area contributed by atoms with E-state index in [1.54, 1.807) is 9.58 Å². The minimum absolute atomic E-state index is 0.0571. The summed E-state index contributed by atoms with van der Waals surface area (Å²) in [7, 11) is 0. The maximum absolute atomic E-state index is 12.5.